The number of benzene rings is 1. The average Bonchev–Trinajstić information content (AvgIpc) is 2.39. The highest BCUT2D eigenvalue weighted by Crippen LogP contribution is 2.29. The summed E-state index contributed by atoms with van der Waals surface area (Å²) < 4.78 is 0.269. The first-order chi connectivity index (χ1) is 8.61. The Morgan fingerprint density at radius 3 is 2.56 bits per heavy atom. The number of amides is 1. The summed E-state index contributed by atoms with van der Waals surface area (Å²) in [6, 6.07) is 4.55. The van der Waals surface area contributed by atoms with E-state index < -0.39 is 4.92 Å². The van der Waals surface area contributed by atoms with Gasteiger partial charge in [0, 0.05) is 19.2 Å². The summed E-state index contributed by atoms with van der Waals surface area (Å²) >= 11 is 3.16. The summed E-state index contributed by atoms with van der Waals surface area (Å²) in [4.78, 5) is 24.4. The second kappa shape index (κ2) is 5.48. The lowest BCUT2D eigenvalue weighted by Crippen LogP contribution is -2.35. The molecule has 1 aliphatic rings. The van der Waals surface area contributed by atoms with Crippen LogP contribution >= 0.6 is 15.9 Å². The molecule has 0 spiro atoms. The Kier molecular flexibility index (Phi) is 3.96. The summed E-state index contributed by atoms with van der Waals surface area (Å²) in [5.41, 5.74) is 0.295. The number of likely N-dealkylation sites (tertiary alicyclic amines) is 1. The van der Waals surface area contributed by atoms with Crippen LogP contribution in [0.4, 0.5) is 5.69 Å². The van der Waals surface area contributed by atoms with Crippen LogP contribution < -0.4 is 0 Å². The molecule has 1 aromatic rings. The summed E-state index contributed by atoms with van der Waals surface area (Å²) in [5, 5.41) is 10.8. The SMILES string of the molecule is O=C(c1cccc([N+](=O)[O-])c1Br)N1CCCCC1. The highest BCUT2D eigenvalue weighted by Gasteiger charge is 2.24. The molecule has 1 saturated heterocycles. The van der Waals surface area contributed by atoms with Crippen LogP contribution in [0.3, 0.4) is 0 Å². The van der Waals surface area contributed by atoms with E-state index in [1.807, 2.05) is 0 Å². The fourth-order valence-corrected chi connectivity index (χ4v) is 2.67. The van der Waals surface area contributed by atoms with E-state index in [0.717, 1.165) is 32.4 Å². The second-order valence-electron chi connectivity index (χ2n) is 4.25. The molecule has 1 fully saturated rings. The van der Waals surface area contributed by atoms with Crippen molar-refractivity contribution < 1.29 is 9.72 Å². The predicted molar refractivity (Wildman–Crippen MR) is 70.6 cm³/mol. The van der Waals surface area contributed by atoms with Crippen molar-refractivity contribution in [2.24, 2.45) is 0 Å². The molecule has 1 aliphatic heterocycles. The zero-order chi connectivity index (χ0) is 13.1. The topological polar surface area (TPSA) is 63.4 Å². The van der Waals surface area contributed by atoms with Crippen LogP contribution in [-0.2, 0) is 0 Å². The summed E-state index contributed by atoms with van der Waals surface area (Å²) in [7, 11) is 0. The van der Waals surface area contributed by atoms with Gasteiger partial charge < -0.3 is 4.90 Å². The molecule has 18 heavy (non-hydrogen) atoms. The summed E-state index contributed by atoms with van der Waals surface area (Å²) in [6.45, 7) is 1.46. The molecule has 1 amide bonds. The van der Waals surface area contributed by atoms with E-state index in [9.17, 15) is 14.9 Å². The number of rotatable bonds is 2. The highest BCUT2D eigenvalue weighted by atomic mass is 79.9. The standard InChI is InChI=1S/C12H13BrN2O3/c13-11-9(5-4-6-10(11)15(17)18)12(16)14-7-2-1-3-8-14/h4-6H,1-3,7-8H2. The first kappa shape index (κ1) is 13.0. The van der Waals surface area contributed by atoms with Gasteiger partial charge in [0.2, 0.25) is 0 Å². The zero-order valence-corrected chi connectivity index (χ0v) is 11.4. The molecule has 2 rings (SSSR count). The van der Waals surface area contributed by atoms with Crippen LogP contribution in [0, 0.1) is 10.1 Å². The normalized spacial score (nSPS) is 15.5. The molecule has 1 heterocycles. The van der Waals surface area contributed by atoms with Crippen LogP contribution in [0.1, 0.15) is 29.6 Å². The van der Waals surface area contributed by atoms with Gasteiger partial charge in [-0.2, -0.15) is 0 Å². The Balaban J connectivity index is 2.30. The van der Waals surface area contributed by atoms with Crippen molar-refractivity contribution in [1.82, 2.24) is 4.90 Å². The van der Waals surface area contributed by atoms with Gasteiger partial charge in [-0.15, -0.1) is 0 Å². The van der Waals surface area contributed by atoms with Crippen LogP contribution in [-0.4, -0.2) is 28.8 Å². The van der Waals surface area contributed by atoms with Crippen LogP contribution in [0.5, 0.6) is 0 Å². The Morgan fingerprint density at radius 1 is 1.28 bits per heavy atom. The largest absolute Gasteiger partial charge is 0.339 e. The number of nitrogens with zero attached hydrogens (tertiary/aromatic N) is 2. The molecule has 0 aromatic heterocycles. The molecule has 5 nitrogen and oxygen atoms in total. The fraction of sp³-hybridized carbons (Fsp3) is 0.417. The fourth-order valence-electron chi connectivity index (χ4n) is 2.09. The van der Waals surface area contributed by atoms with Crippen molar-refractivity contribution in [3.8, 4) is 0 Å². The van der Waals surface area contributed by atoms with Gasteiger partial charge in [0.25, 0.3) is 11.6 Å². The second-order valence-corrected chi connectivity index (χ2v) is 5.04. The van der Waals surface area contributed by atoms with Crippen molar-refractivity contribution in [2.75, 3.05) is 13.1 Å². The van der Waals surface area contributed by atoms with Gasteiger partial charge >= 0.3 is 0 Å². The van der Waals surface area contributed by atoms with Gasteiger partial charge in [0.15, 0.2) is 0 Å². The smallest absolute Gasteiger partial charge is 0.284 e. The van der Waals surface area contributed by atoms with Gasteiger partial charge in [-0.1, -0.05) is 6.07 Å². The molecule has 1 aromatic carbocycles. The summed E-state index contributed by atoms with van der Waals surface area (Å²) in [5.74, 6) is -0.134. The molecule has 6 heteroatoms. The number of nitro groups is 1. The number of piperidine rings is 1. The molecule has 0 N–H and O–H groups in total. The average molecular weight is 313 g/mol. The van der Waals surface area contributed by atoms with E-state index in [4.69, 9.17) is 0 Å². The van der Waals surface area contributed by atoms with Gasteiger partial charge in [-0.25, -0.2) is 0 Å². The number of carbonyl (C=O) groups excluding carboxylic acids is 1. The van der Waals surface area contributed by atoms with Crippen molar-refractivity contribution in [3.05, 3.63) is 38.3 Å². The zero-order valence-electron chi connectivity index (χ0n) is 9.76. The molecule has 0 aliphatic carbocycles. The lowest BCUT2D eigenvalue weighted by molar-refractivity contribution is -0.385. The number of hydrogen-bond acceptors (Lipinski definition) is 3. The lowest BCUT2D eigenvalue weighted by atomic mass is 10.1. The van der Waals surface area contributed by atoms with Gasteiger partial charge in [0.1, 0.15) is 4.47 Å². The van der Waals surface area contributed by atoms with E-state index in [1.54, 1.807) is 17.0 Å². The molecular formula is C12H13BrN2O3. The maximum atomic E-state index is 12.3. The first-order valence-corrected chi connectivity index (χ1v) is 6.62. The number of carbonyl (C=O) groups is 1. The first-order valence-electron chi connectivity index (χ1n) is 5.83. The van der Waals surface area contributed by atoms with Gasteiger partial charge in [-0.05, 0) is 41.3 Å². The third-order valence-corrected chi connectivity index (χ3v) is 3.88. The molecule has 0 atom stereocenters. The molecule has 0 saturated carbocycles. The predicted octanol–water partition coefficient (Wildman–Crippen LogP) is 2.98. The molecule has 96 valence electrons. The quantitative estimate of drug-likeness (QED) is 0.623. The van der Waals surface area contributed by atoms with Crippen LogP contribution in [0.25, 0.3) is 0 Å². The minimum Gasteiger partial charge on any atom is -0.339 e. The van der Waals surface area contributed by atoms with E-state index in [1.165, 1.54) is 6.07 Å². The summed E-state index contributed by atoms with van der Waals surface area (Å²) in [6.07, 6.45) is 3.14. The van der Waals surface area contributed by atoms with E-state index in [-0.39, 0.29) is 16.1 Å². The van der Waals surface area contributed by atoms with Crippen LogP contribution in [0.2, 0.25) is 0 Å². The third kappa shape index (κ3) is 2.53. The van der Waals surface area contributed by atoms with Gasteiger partial charge in [0.05, 0.1) is 10.5 Å². The van der Waals surface area contributed by atoms with Crippen molar-refractivity contribution in [3.63, 3.8) is 0 Å². The number of nitro benzene ring substituents is 1. The van der Waals surface area contributed by atoms with Crippen LogP contribution in [0.15, 0.2) is 22.7 Å². The monoisotopic (exact) mass is 312 g/mol. The van der Waals surface area contributed by atoms with Crippen molar-refractivity contribution in [1.29, 1.82) is 0 Å². The van der Waals surface area contributed by atoms with Crippen molar-refractivity contribution >= 4 is 27.5 Å². The third-order valence-electron chi connectivity index (χ3n) is 3.05. The van der Waals surface area contributed by atoms with E-state index in [0.29, 0.717) is 5.56 Å². The highest BCUT2D eigenvalue weighted by molar-refractivity contribution is 9.10. The Morgan fingerprint density at radius 2 is 1.94 bits per heavy atom. The Hall–Kier alpha value is -1.43. The maximum Gasteiger partial charge on any atom is 0.284 e. The van der Waals surface area contributed by atoms with Crippen molar-refractivity contribution in [2.45, 2.75) is 19.3 Å². The minimum absolute atomic E-state index is 0.0714. The Bertz CT molecular complexity index is 484. The number of hydrogen-bond donors (Lipinski definition) is 0. The van der Waals surface area contributed by atoms with Gasteiger partial charge in [-0.3, -0.25) is 14.9 Å². The Labute approximate surface area is 113 Å². The molecule has 0 bridgehead atoms. The molecular weight excluding hydrogens is 300 g/mol. The maximum absolute atomic E-state index is 12.3. The van der Waals surface area contributed by atoms with E-state index in [2.05, 4.69) is 15.9 Å². The minimum atomic E-state index is -0.489. The number of halogens is 1. The lowest BCUT2D eigenvalue weighted by Gasteiger charge is -2.27. The van der Waals surface area contributed by atoms with E-state index >= 15 is 0 Å². The molecule has 0 radical (unpaired) electrons. The molecule has 0 unspecified atom stereocenters.